The van der Waals surface area contributed by atoms with Gasteiger partial charge in [-0.05, 0) is 30.2 Å². The molecule has 1 heteroatoms. The quantitative estimate of drug-likeness (QED) is 0.851. The van der Waals surface area contributed by atoms with E-state index >= 15 is 0 Å². The van der Waals surface area contributed by atoms with Gasteiger partial charge in [-0.2, -0.15) is 0 Å². The molecule has 0 aliphatic heterocycles. The highest BCUT2D eigenvalue weighted by molar-refractivity contribution is 5.26. The van der Waals surface area contributed by atoms with Gasteiger partial charge in [0.15, 0.2) is 0 Å². The Labute approximate surface area is 112 Å². The summed E-state index contributed by atoms with van der Waals surface area (Å²) in [5, 5.41) is 0. The van der Waals surface area contributed by atoms with Gasteiger partial charge in [0.25, 0.3) is 0 Å². The molecule has 1 fully saturated rings. The molecule has 0 aromatic heterocycles. The summed E-state index contributed by atoms with van der Waals surface area (Å²) < 4.78 is 0. The average molecular weight is 245 g/mol. The fraction of sp³-hybridized carbons (Fsp3) is 0.647. The second kappa shape index (κ2) is 5.44. The molecular weight excluding hydrogens is 218 g/mol. The Hall–Kier alpha value is -0.820. The third-order valence-corrected chi connectivity index (χ3v) is 4.92. The van der Waals surface area contributed by atoms with Crippen molar-refractivity contribution in [3.8, 4) is 0 Å². The minimum atomic E-state index is 0.0759. The normalized spacial score (nSPS) is 26.9. The molecule has 1 aliphatic rings. The van der Waals surface area contributed by atoms with Crippen LogP contribution in [0.5, 0.6) is 0 Å². The lowest BCUT2D eigenvalue weighted by Crippen LogP contribution is -2.47. The Balaban J connectivity index is 2.10. The molecular formula is C17H27N. The van der Waals surface area contributed by atoms with E-state index in [0.717, 1.165) is 5.92 Å². The number of benzene rings is 1. The van der Waals surface area contributed by atoms with Crippen LogP contribution in [-0.4, -0.2) is 6.04 Å². The van der Waals surface area contributed by atoms with Crippen LogP contribution in [0.4, 0.5) is 0 Å². The first-order valence-electron chi connectivity index (χ1n) is 7.33. The van der Waals surface area contributed by atoms with Gasteiger partial charge in [-0.1, -0.05) is 63.9 Å². The number of rotatable bonds is 3. The number of hydrogen-bond acceptors (Lipinski definition) is 1. The fourth-order valence-electron chi connectivity index (χ4n) is 3.29. The molecule has 18 heavy (non-hydrogen) atoms. The van der Waals surface area contributed by atoms with Crippen molar-refractivity contribution in [3.63, 3.8) is 0 Å². The highest BCUT2D eigenvalue weighted by Gasteiger charge is 2.35. The van der Waals surface area contributed by atoms with Gasteiger partial charge in [0, 0.05) is 11.5 Å². The summed E-state index contributed by atoms with van der Waals surface area (Å²) in [5.74, 6) is 1.59. The third-order valence-electron chi connectivity index (χ3n) is 4.92. The van der Waals surface area contributed by atoms with Crippen LogP contribution < -0.4 is 5.73 Å². The van der Waals surface area contributed by atoms with E-state index in [1.807, 2.05) is 0 Å². The summed E-state index contributed by atoms with van der Waals surface area (Å²) in [7, 11) is 0. The molecule has 0 amide bonds. The first-order chi connectivity index (χ1) is 8.51. The maximum atomic E-state index is 6.60. The van der Waals surface area contributed by atoms with Crippen LogP contribution in [0.25, 0.3) is 0 Å². The highest BCUT2D eigenvalue weighted by Crippen LogP contribution is 2.37. The third kappa shape index (κ3) is 2.77. The van der Waals surface area contributed by atoms with Gasteiger partial charge in [-0.15, -0.1) is 0 Å². The molecule has 1 saturated carbocycles. The van der Waals surface area contributed by atoms with Crippen LogP contribution in [-0.2, 0) is 5.41 Å². The maximum Gasteiger partial charge on any atom is 0.0159 e. The van der Waals surface area contributed by atoms with E-state index in [4.69, 9.17) is 5.73 Å². The van der Waals surface area contributed by atoms with Crippen LogP contribution in [0.15, 0.2) is 30.3 Å². The molecule has 1 atom stereocenters. The highest BCUT2D eigenvalue weighted by atomic mass is 14.7. The summed E-state index contributed by atoms with van der Waals surface area (Å²) in [5.41, 5.74) is 8.05. The van der Waals surface area contributed by atoms with Gasteiger partial charge in [0.05, 0.1) is 0 Å². The zero-order chi connectivity index (χ0) is 13.2. The van der Waals surface area contributed by atoms with Gasteiger partial charge >= 0.3 is 0 Å². The van der Waals surface area contributed by atoms with Crippen LogP contribution in [0.1, 0.15) is 52.0 Å². The summed E-state index contributed by atoms with van der Waals surface area (Å²) >= 11 is 0. The molecule has 0 saturated heterocycles. The summed E-state index contributed by atoms with van der Waals surface area (Å²) in [6.45, 7) is 6.96. The van der Waals surface area contributed by atoms with E-state index in [-0.39, 0.29) is 11.5 Å². The second-order valence-electron chi connectivity index (χ2n) is 6.63. The van der Waals surface area contributed by atoms with Gasteiger partial charge < -0.3 is 5.73 Å². The van der Waals surface area contributed by atoms with Crippen molar-refractivity contribution >= 4 is 0 Å². The molecule has 100 valence electrons. The molecule has 1 unspecified atom stereocenters. The Morgan fingerprint density at radius 2 is 1.61 bits per heavy atom. The lowest BCUT2D eigenvalue weighted by molar-refractivity contribution is 0.205. The first kappa shape index (κ1) is 13.6. The van der Waals surface area contributed by atoms with Crippen LogP contribution in [0.3, 0.4) is 0 Å². The molecule has 2 rings (SSSR count). The fourth-order valence-corrected chi connectivity index (χ4v) is 3.29. The minimum Gasteiger partial charge on any atom is -0.327 e. The Bertz CT molecular complexity index is 360. The summed E-state index contributed by atoms with van der Waals surface area (Å²) in [4.78, 5) is 0. The molecule has 1 aromatic carbocycles. The summed E-state index contributed by atoms with van der Waals surface area (Å²) in [6, 6.07) is 11.0. The topological polar surface area (TPSA) is 26.0 Å². The summed E-state index contributed by atoms with van der Waals surface area (Å²) in [6.07, 6.45) is 5.31. The van der Waals surface area contributed by atoms with E-state index in [0.29, 0.717) is 5.92 Å². The SMILES string of the molecule is CC1CCC(C(N)C(C)(C)c2ccccc2)CC1. The van der Waals surface area contributed by atoms with Crippen molar-refractivity contribution in [2.24, 2.45) is 17.6 Å². The lowest BCUT2D eigenvalue weighted by Gasteiger charge is -2.40. The van der Waals surface area contributed by atoms with Crippen molar-refractivity contribution in [1.29, 1.82) is 0 Å². The van der Waals surface area contributed by atoms with E-state index in [9.17, 15) is 0 Å². The van der Waals surface area contributed by atoms with Gasteiger partial charge in [0.2, 0.25) is 0 Å². The van der Waals surface area contributed by atoms with Crippen molar-refractivity contribution in [2.45, 2.75) is 57.9 Å². The van der Waals surface area contributed by atoms with Crippen molar-refractivity contribution < 1.29 is 0 Å². The minimum absolute atomic E-state index is 0.0759. The van der Waals surface area contributed by atoms with E-state index in [2.05, 4.69) is 51.1 Å². The molecule has 0 radical (unpaired) electrons. The van der Waals surface area contributed by atoms with E-state index in [1.54, 1.807) is 0 Å². The van der Waals surface area contributed by atoms with Gasteiger partial charge in [0.1, 0.15) is 0 Å². The molecule has 0 heterocycles. The first-order valence-corrected chi connectivity index (χ1v) is 7.33. The zero-order valence-corrected chi connectivity index (χ0v) is 12.0. The Morgan fingerprint density at radius 1 is 1.06 bits per heavy atom. The molecule has 0 bridgehead atoms. The van der Waals surface area contributed by atoms with Crippen molar-refractivity contribution in [2.75, 3.05) is 0 Å². The van der Waals surface area contributed by atoms with E-state index < -0.39 is 0 Å². The predicted molar refractivity (Wildman–Crippen MR) is 78.6 cm³/mol. The van der Waals surface area contributed by atoms with Crippen molar-refractivity contribution in [3.05, 3.63) is 35.9 Å². The Kier molecular flexibility index (Phi) is 4.11. The molecule has 2 N–H and O–H groups in total. The number of hydrogen-bond donors (Lipinski definition) is 1. The van der Waals surface area contributed by atoms with Gasteiger partial charge in [-0.25, -0.2) is 0 Å². The molecule has 0 spiro atoms. The van der Waals surface area contributed by atoms with Gasteiger partial charge in [-0.3, -0.25) is 0 Å². The second-order valence-corrected chi connectivity index (χ2v) is 6.63. The largest absolute Gasteiger partial charge is 0.327 e. The van der Waals surface area contributed by atoms with Crippen LogP contribution in [0, 0.1) is 11.8 Å². The maximum absolute atomic E-state index is 6.60. The Morgan fingerprint density at radius 3 is 2.17 bits per heavy atom. The van der Waals surface area contributed by atoms with E-state index in [1.165, 1.54) is 31.2 Å². The van der Waals surface area contributed by atoms with Crippen LogP contribution >= 0.6 is 0 Å². The zero-order valence-electron chi connectivity index (χ0n) is 12.0. The average Bonchev–Trinajstić information content (AvgIpc) is 2.40. The number of nitrogens with two attached hydrogens (primary N) is 1. The lowest BCUT2D eigenvalue weighted by atomic mass is 9.68. The van der Waals surface area contributed by atoms with Crippen LogP contribution in [0.2, 0.25) is 0 Å². The molecule has 1 aliphatic carbocycles. The standard InChI is InChI=1S/C17H27N/c1-13-9-11-14(12-10-13)16(18)17(2,3)15-7-5-4-6-8-15/h4-8,13-14,16H,9-12,18H2,1-3H3. The molecule has 1 nitrogen and oxygen atoms in total. The smallest absolute Gasteiger partial charge is 0.0159 e. The predicted octanol–water partition coefficient (Wildman–Crippen LogP) is 4.12. The molecule has 1 aromatic rings. The van der Waals surface area contributed by atoms with Crippen molar-refractivity contribution in [1.82, 2.24) is 0 Å². The monoisotopic (exact) mass is 245 g/mol.